The van der Waals surface area contributed by atoms with Crippen LogP contribution in [0.4, 0.5) is 5.69 Å². The van der Waals surface area contributed by atoms with E-state index in [4.69, 9.17) is 5.73 Å². The van der Waals surface area contributed by atoms with Crippen LogP contribution in [0.1, 0.15) is 19.4 Å². The number of sulfonamides is 1. The fourth-order valence-electron chi connectivity index (χ4n) is 2.11. The lowest BCUT2D eigenvalue weighted by Crippen LogP contribution is -2.46. The minimum atomic E-state index is -3.43. The third-order valence-electron chi connectivity index (χ3n) is 3.28. The molecule has 4 nitrogen and oxygen atoms in total. The number of nitrogen functional groups attached to an aromatic ring is 1. The average Bonchev–Trinajstić information content (AvgIpc) is 2.31. The zero-order valence-corrected chi connectivity index (χ0v) is 13.1. The molecular weight excluding hydrogens is 280 g/mol. The van der Waals surface area contributed by atoms with E-state index in [1.807, 2.05) is 18.7 Å². The molecule has 1 aliphatic rings. The molecule has 0 amide bonds. The molecule has 1 aromatic rings. The minimum Gasteiger partial charge on any atom is -0.398 e. The molecule has 19 heavy (non-hydrogen) atoms. The smallest absolute Gasteiger partial charge is 0.243 e. The summed E-state index contributed by atoms with van der Waals surface area (Å²) >= 11 is 1.81. The van der Waals surface area contributed by atoms with E-state index in [2.05, 4.69) is 13.8 Å². The SMILES string of the molecule is Cc1ccc(S(=O)(=O)N2CCSC(C)(C)C2)cc1N. The summed E-state index contributed by atoms with van der Waals surface area (Å²) in [6, 6.07) is 4.95. The Bertz CT molecular complexity index is 582. The van der Waals surface area contributed by atoms with Gasteiger partial charge in [-0.25, -0.2) is 8.42 Å². The monoisotopic (exact) mass is 300 g/mol. The molecule has 0 atom stereocenters. The highest BCUT2D eigenvalue weighted by Gasteiger charge is 2.34. The first-order valence-electron chi connectivity index (χ1n) is 6.23. The Balaban J connectivity index is 2.34. The Kier molecular flexibility index (Phi) is 3.86. The summed E-state index contributed by atoms with van der Waals surface area (Å²) in [7, 11) is -3.43. The van der Waals surface area contributed by atoms with Crippen molar-refractivity contribution < 1.29 is 8.42 Å². The highest BCUT2D eigenvalue weighted by atomic mass is 32.2. The summed E-state index contributed by atoms with van der Waals surface area (Å²) in [4.78, 5) is 0.290. The van der Waals surface area contributed by atoms with Crippen molar-refractivity contribution in [3.63, 3.8) is 0 Å². The van der Waals surface area contributed by atoms with Crippen LogP contribution in [0.15, 0.2) is 23.1 Å². The number of thioether (sulfide) groups is 1. The summed E-state index contributed by atoms with van der Waals surface area (Å²) < 4.78 is 26.7. The van der Waals surface area contributed by atoms with E-state index in [1.165, 1.54) is 0 Å². The van der Waals surface area contributed by atoms with Gasteiger partial charge in [-0.1, -0.05) is 6.07 Å². The molecule has 0 unspecified atom stereocenters. The van der Waals surface area contributed by atoms with Gasteiger partial charge in [-0.2, -0.15) is 16.1 Å². The molecule has 1 fully saturated rings. The van der Waals surface area contributed by atoms with E-state index < -0.39 is 10.0 Å². The maximum Gasteiger partial charge on any atom is 0.243 e. The lowest BCUT2D eigenvalue weighted by Gasteiger charge is -2.36. The Morgan fingerprint density at radius 3 is 2.63 bits per heavy atom. The topological polar surface area (TPSA) is 63.4 Å². The largest absolute Gasteiger partial charge is 0.398 e. The Morgan fingerprint density at radius 2 is 2.05 bits per heavy atom. The summed E-state index contributed by atoms with van der Waals surface area (Å²) in [5, 5.41) is 0. The zero-order valence-electron chi connectivity index (χ0n) is 11.5. The van der Waals surface area contributed by atoms with E-state index in [0.29, 0.717) is 23.7 Å². The van der Waals surface area contributed by atoms with Crippen LogP contribution in [0.2, 0.25) is 0 Å². The van der Waals surface area contributed by atoms with E-state index in [-0.39, 0.29) is 4.75 Å². The average molecular weight is 300 g/mol. The van der Waals surface area contributed by atoms with Gasteiger partial charge in [0.1, 0.15) is 0 Å². The van der Waals surface area contributed by atoms with Gasteiger partial charge in [0.05, 0.1) is 4.90 Å². The number of aryl methyl sites for hydroxylation is 1. The van der Waals surface area contributed by atoms with Gasteiger partial charge in [0.25, 0.3) is 0 Å². The highest BCUT2D eigenvalue weighted by Crippen LogP contribution is 2.32. The summed E-state index contributed by atoms with van der Waals surface area (Å²) in [5.41, 5.74) is 7.23. The Labute approximate surface area is 119 Å². The van der Waals surface area contributed by atoms with Crippen LogP contribution >= 0.6 is 11.8 Å². The molecule has 2 N–H and O–H groups in total. The number of hydrogen-bond donors (Lipinski definition) is 1. The number of nitrogens with two attached hydrogens (primary N) is 1. The molecule has 0 saturated carbocycles. The van der Waals surface area contributed by atoms with Crippen LogP contribution in [0.25, 0.3) is 0 Å². The van der Waals surface area contributed by atoms with Crippen LogP contribution in [-0.2, 0) is 10.0 Å². The molecule has 0 aromatic heterocycles. The first kappa shape index (κ1) is 14.7. The van der Waals surface area contributed by atoms with Crippen molar-refractivity contribution in [2.24, 2.45) is 0 Å². The third kappa shape index (κ3) is 3.07. The molecule has 106 valence electrons. The second-order valence-electron chi connectivity index (χ2n) is 5.47. The summed E-state index contributed by atoms with van der Waals surface area (Å²) in [5.74, 6) is 0.827. The van der Waals surface area contributed by atoms with E-state index in [9.17, 15) is 8.42 Å². The van der Waals surface area contributed by atoms with Crippen molar-refractivity contribution in [3.05, 3.63) is 23.8 Å². The van der Waals surface area contributed by atoms with Crippen molar-refractivity contribution in [2.75, 3.05) is 24.6 Å². The van der Waals surface area contributed by atoms with E-state index in [1.54, 1.807) is 22.5 Å². The molecule has 1 aliphatic heterocycles. The fraction of sp³-hybridized carbons (Fsp3) is 0.538. The number of anilines is 1. The highest BCUT2D eigenvalue weighted by molar-refractivity contribution is 8.00. The second-order valence-corrected chi connectivity index (χ2v) is 9.21. The molecule has 1 aromatic carbocycles. The number of hydrogen-bond acceptors (Lipinski definition) is 4. The van der Waals surface area contributed by atoms with Crippen molar-refractivity contribution in [2.45, 2.75) is 30.4 Å². The molecule has 0 spiro atoms. The quantitative estimate of drug-likeness (QED) is 0.850. The third-order valence-corrected chi connectivity index (χ3v) is 6.42. The summed E-state index contributed by atoms with van der Waals surface area (Å²) in [6.07, 6.45) is 0. The normalized spacial score (nSPS) is 20.4. The fourth-order valence-corrected chi connectivity index (χ4v) is 5.05. The molecule has 2 rings (SSSR count). The molecule has 0 bridgehead atoms. The zero-order chi connectivity index (χ0) is 14.3. The first-order valence-corrected chi connectivity index (χ1v) is 8.65. The predicted molar refractivity (Wildman–Crippen MR) is 80.9 cm³/mol. The Hall–Kier alpha value is -0.720. The van der Waals surface area contributed by atoms with Gasteiger partial charge in [0.2, 0.25) is 10.0 Å². The summed E-state index contributed by atoms with van der Waals surface area (Å²) in [6.45, 7) is 7.11. The molecule has 1 heterocycles. The molecule has 0 aliphatic carbocycles. The number of benzene rings is 1. The molecule has 1 saturated heterocycles. The van der Waals surface area contributed by atoms with Crippen LogP contribution < -0.4 is 5.73 Å². The van der Waals surface area contributed by atoms with Crippen LogP contribution in [0.5, 0.6) is 0 Å². The van der Waals surface area contributed by atoms with Crippen LogP contribution in [0, 0.1) is 6.92 Å². The van der Waals surface area contributed by atoms with Gasteiger partial charge in [-0.05, 0) is 38.5 Å². The second kappa shape index (κ2) is 5.00. The van der Waals surface area contributed by atoms with Gasteiger partial charge >= 0.3 is 0 Å². The van der Waals surface area contributed by atoms with E-state index >= 15 is 0 Å². The standard InChI is InChI=1S/C13H20N2O2S2/c1-10-4-5-11(8-12(10)14)19(16,17)15-6-7-18-13(2,3)9-15/h4-5,8H,6-7,9,14H2,1-3H3. The molecule has 0 radical (unpaired) electrons. The minimum absolute atomic E-state index is 0.0401. The lowest BCUT2D eigenvalue weighted by molar-refractivity contribution is 0.387. The van der Waals surface area contributed by atoms with Crippen molar-refractivity contribution >= 4 is 27.5 Å². The van der Waals surface area contributed by atoms with Gasteiger partial charge in [-0.15, -0.1) is 0 Å². The molecular formula is C13H20N2O2S2. The van der Waals surface area contributed by atoms with Gasteiger partial charge in [-0.3, -0.25) is 0 Å². The van der Waals surface area contributed by atoms with Crippen molar-refractivity contribution in [1.29, 1.82) is 0 Å². The maximum absolute atomic E-state index is 12.6. The number of nitrogens with zero attached hydrogens (tertiary/aromatic N) is 1. The van der Waals surface area contributed by atoms with Gasteiger partial charge in [0.15, 0.2) is 0 Å². The lowest BCUT2D eigenvalue weighted by atomic mass is 10.2. The predicted octanol–water partition coefficient (Wildman–Crippen LogP) is 2.09. The molecule has 6 heteroatoms. The van der Waals surface area contributed by atoms with Crippen LogP contribution in [0.3, 0.4) is 0 Å². The maximum atomic E-state index is 12.6. The number of rotatable bonds is 2. The van der Waals surface area contributed by atoms with Crippen molar-refractivity contribution in [1.82, 2.24) is 4.31 Å². The van der Waals surface area contributed by atoms with Crippen LogP contribution in [-0.4, -0.2) is 36.3 Å². The van der Waals surface area contributed by atoms with Crippen molar-refractivity contribution in [3.8, 4) is 0 Å². The first-order chi connectivity index (χ1) is 8.72. The van der Waals surface area contributed by atoms with Gasteiger partial charge in [0, 0.05) is 29.3 Å². The van der Waals surface area contributed by atoms with Gasteiger partial charge < -0.3 is 5.73 Å². The Morgan fingerprint density at radius 1 is 1.37 bits per heavy atom. The van der Waals surface area contributed by atoms with E-state index in [0.717, 1.165) is 11.3 Å².